The second kappa shape index (κ2) is 5.49. The van der Waals surface area contributed by atoms with Crippen LogP contribution >= 0.6 is 0 Å². The maximum Gasteiger partial charge on any atom is 0.223 e. The van der Waals surface area contributed by atoms with Crippen molar-refractivity contribution in [1.29, 1.82) is 0 Å². The molecule has 1 aliphatic heterocycles. The Balaban J connectivity index is 1.68. The summed E-state index contributed by atoms with van der Waals surface area (Å²) in [4.78, 5) is 22.9. The number of hydrogen-bond acceptors (Lipinski definition) is 3. The molecule has 4 N–H and O–H groups in total. The topological polar surface area (TPSA) is 84.2 Å². The average molecular weight is 239 g/mol. The van der Waals surface area contributed by atoms with Crippen LogP contribution in [0.25, 0.3) is 0 Å². The molecular formula is C12H21N3O2. The van der Waals surface area contributed by atoms with Gasteiger partial charge in [-0.05, 0) is 32.1 Å². The van der Waals surface area contributed by atoms with Crippen LogP contribution in [0.2, 0.25) is 0 Å². The Hall–Kier alpha value is -1.10. The minimum atomic E-state index is 0.0906. The highest BCUT2D eigenvalue weighted by Gasteiger charge is 2.26. The number of nitrogens with one attached hydrogen (secondary N) is 2. The molecule has 0 radical (unpaired) electrons. The van der Waals surface area contributed by atoms with Gasteiger partial charge in [-0.2, -0.15) is 0 Å². The second-order valence-electron chi connectivity index (χ2n) is 5.16. The van der Waals surface area contributed by atoms with Gasteiger partial charge in [0.25, 0.3) is 0 Å². The minimum absolute atomic E-state index is 0.0906. The summed E-state index contributed by atoms with van der Waals surface area (Å²) < 4.78 is 0. The highest BCUT2D eigenvalue weighted by Crippen LogP contribution is 2.23. The first-order valence-corrected chi connectivity index (χ1v) is 6.48. The quantitative estimate of drug-likeness (QED) is 0.643. The molecule has 2 rings (SSSR count). The number of nitrogens with two attached hydrogens (primary N) is 1. The van der Waals surface area contributed by atoms with E-state index in [1.54, 1.807) is 0 Å². The fraction of sp³-hybridized carbons (Fsp3) is 0.833. The third-order valence-corrected chi connectivity index (χ3v) is 3.75. The molecule has 17 heavy (non-hydrogen) atoms. The molecule has 1 heterocycles. The molecule has 96 valence electrons. The molecule has 1 unspecified atom stereocenters. The highest BCUT2D eigenvalue weighted by molar-refractivity contribution is 5.80. The molecule has 0 aromatic rings. The van der Waals surface area contributed by atoms with Crippen LogP contribution in [-0.4, -0.2) is 30.4 Å². The van der Waals surface area contributed by atoms with E-state index in [0.29, 0.717) is 13.0 Å². The molecule has 1 saturated carbocycles. The maximum absolute atomic E-state index is 11.9. The van der Waals surface area contributed by atoms with E-state index in [1.165, 1.54) is 0 Å². The fourth-order valence-corrected chi connectivity index (χ4v) is 2.58. The highest BCUT2D eigenvalue weighted by atomic mass is 16.2. The van der Waals surface area contributed by atoms with Crippen molar-refractivity contribution >= 4 is 11.8 Å². The van der Waals surface area contributed by atoms with Crippen molar-refractivity contribution in [1.82, 2.24) is 10.6 Å². The Morgan fingerprint density at radius 3 is 2.59 bits per heavy atom. The van der Waals surface area contributed by atoms with E-state index in [2.05, 4.69) is 10.6 Å². The Labute approximate surface area is 102 Å². The van der Waals surface area contributed by atoms with Crippen molar-refractivity contribution in [2.45, 2.75) is 50.6 Å². The Morgan fingerprint density at radius 2 is 2.00 bits per heavy atom. The molecular weight excluding hydrogens is 218 g/mol. The van der Waals surface area contributed by atoms with Crippen LogP contribution in [0.1, 0.15) is 38.5 Å². The van der Waals surface area contributed by atoms with Crippen molar-refractivity contribution in [3.8, 4) is 0 Å². The van der Waals surface area contributed by atoms with Gasteiger partial charge in [-0.1, -0.05) is 0 Å². The largest absolute Gasteiger partial charge is 0.354 e. The van der Waals surface area contributed by atoms with Gasteiger partial charge in [0.2, 0.25) is 11.8 Å². The molecule has 5 heteroatoms. The first-order chi connectivity index (χ1) is 8.15. The average Bonchev–Trinajstić information content (AvgIpc) is 2.73. The Kier molecular flexibility index (Phi) is 3.99. The number of carbonyl (C=O) groups excluding carboxylic acids is 2. The summed E-state index contributed by atoms with van der Waals surface area (Å²) >= 11 is 0. The molecule has 2 fully saturated rings. The maximum atomic E-state index is 11.9. The monoisotopic (exact) mass is 239 g/mol. The molecule has 2 amide bonds. The molecule has 0 spiro atoms. The van der Waals surface area contributed by atoms with Gasteiger partial charge in [0.1, 0.15) is 0 Å². The van der Waals surface area contributed by atoms with Gasteiger partial charge >= 0.3 is 0 Å². The van der Waals surface area contributed by atoms with E-state index in [0.717, 1.165) is 32.1 Å². The molecule has 0 bridgehead atoms. The Bertz CT molecular complexity index is 298. The van der Waals surface area contributed by atoms with E-state index in [-0.39, 0.29) is 29.8 Å². The van der Waals surface area contributed by atoms with E-state index in [9.17, 15) is 9.59 Å². The van der Waals surface area contributed by atoms with Crippen molar-refractivity contribution < 1.29 is 9.59 Å². The van der Waals surface area contributed by atoms with Gasteiger partial charge in [-0.3, -0.25) is 9.59 Å². The second-order valence-corrected chi connectivity index (χ2v) is 5.16. The number of hydrogen-bond donors (Lipinski definition) is 3. The van der Waals surface area contributed by atoms with Crippen LogP contribution in [-0.2, 0) is 9.59 Å². The summed E-state index contributed by atoms with van der Waals surface area (Å²) in [5, 5.41) is 5.78. The van der Waals surface area contributed by atoms with Crippen LogP contribution in [0.3, 0.4) is 0 Å². The molecule has 1 saturated heterocycles. The molecule has 2 aliphatic rings. The van der Waals surface area contributed by atoms with Gasteiger partial charge in [0, 0.05) is 31.0 Å². The number of carbonyl (C=O) groups is 2. The van der Waals surface area contributed by atoms with E-state index in [4.69, 9.17) is 5.73 Å². The lowest BCUT2D eigenvalue weighted by Crippen LogP contribution is -2.42. The zero-order chi connectivity index (χ0) is 12.3. The van der Waals surface area contributed by atoms with Crippen LogP contribution in [0.5, 0.6) is 0 Å². The third kappa shape index (κ3) is 3.43. The number of amides is 2. The van der Waals surface area contributed by atoms with Gasteiger partial charge < -0.3 is 16.4 Å². The zero-order valence-corrected chi connectivity index (χ0v) is 10.1. The predicted octanol–water partition coefficient (Wildman–Crippen LogP) is -0.101. The minimum Gasteiger partial charge on any atom is -0.354 e. The molecule has 1 atom stereocenters. The first-order valence-electron chi connectivity index (χ1n) is 6.48. The SMILES string of the molecule is NC1CCC(C(=O)NCC2CCC(=O)N2)CC1. The fourth-order valence-electron chi connectivity index (χ4n) is 2.58. The van der Waals surface area contributed by atoms with Crippen molar-refractivity contribution in [3.63, 3.8) is 0 Å². The summed E-state index contributed by atoms with van der Waals surface area (Å²) in [5.41, 5.74) is 5.81. The Morgan fingerprint density at radius 1 is 1.29 bits per heavy atom. The predicted molar refractivity (Wildman–Crippen MR) is 64.1 cm³/mol. The third-order valence-electron chi connectivity index (χ3n) is 3.75. The van der Waals surface area contributed by atoms with Gasteiger partial charge in [0.15, 0.2) is 0 Å². The van der Waals surface area contributed by atoms with Crippen LogP contribution < -0.4 is 16.4 Å². The van der Waals surface area contributed by atoms with E-state index >= 15 is 0 Å². The lowest BCUT2D eigenvalue weighted by Gasteiger charge is -2.25. The smallest absolute Gasteiger partial charge is 0.223 e. The normalized spacial score (nSPS) is 33.2. The van der Waals surface area contributed by atoms with Crippen LogP contribution in [0, 0.1) is 5.92 Å². The van der Waals surface area contributed by atoms with E-state index in [1.807, 2.05) is 0 Å². The summed E-state index contributed by atoms with van der Waals surface area (Å²) in [5.74, 6) is 0.331. The van der Waals surface area contributed by atoms with Gasteiger partial charge in [0.05, 0.1) is 0 Å². The van der Waals surface area contributed by atoms with Gasteiger partial charge in [-0.25, -0.2) is 0 Å². The number of rotatable bonds is 3. The van der Waals surface area contributed by atoms with Crippen molar-refractivity contribution in [2.24, 2.45) is 11.7 Å². The lowest BCUT2D eigenvalue weighted by atomic mass is 9.86. The molecule has 0 aromatic heterocycles. The van der Waals surface area contributed by atoms with Crippen molar-refractivity contribution in [3.05, 3.63) is 0 Å². The summed E-state index contributed by atoms with van der Waals surface area (Å²) in [6, 6.07) is 0.394. The summed E-state index contributed by atoms with van der Waals surface area (Å²) in [6.07, 6.45) is 5.08. The van der Waals surface area contributed by atoms with Crippen LogP contribution in [0.15, 0.2) is 0 Å². The van der Waals surface area contributed by atoms with Crippen molar-refractivity contribution in [2.75, 3.05) is 6.54 Å². The standard InChI is InChI=1S/C12H21N3O2/c13-9-3-1-8(2-4-9)12(17)14-7-10-5-6-11(16)15-10/h8-10H,1-7,13H2,(H,14,17)(H,15,16). The van der Waals surface area contributed by atoms with Gasteiger partial charge in [-0.15, -0.1) is 0 Å². The van der Waals surface area contributed by atoms with E-state index < -0.39 is 0 Å². The summed E-state index contributed by atoms with van der Waals surface area (Å²) in [7, 11) is 0. The van der Waals surface area contributed by atoms with Crippen LogP contribution in [0.4, 0.5) is 0 Å². The lowest BCUT2D eigenvalue weighted by molar-refractivity contribution is -0.126. The summed E-state index contributed by atoms with van der Waals surface area (Å²) in [6.45, 7) is 0.563. The molecule has 0 aromatic carbocycles. The zero-order valence-electron chi connectivity index (χ0n) is 10.1. The molecule has 5 nitrogen and oxygen atoms in total. The first kappa shape index (κ1) is 12.4. The molecule has 1 aliphatic carbocycles.